The van der Waals surface area contributed by atoms with E-state index < -0.39 is 6.10 Å². The number of pyridine rings is 1. The van der Waals surface area contributed by atoms with Crippen LogP contribution in [0.15, 0.2) is 18.3 Å². The Morgan fingerprint density at radius 3 is 3.15 bits per heavy atom. The van der Waals surface area contributed by atoms with E-state index in [2.05, 4.69) is 10.3 Å². The average Bonchev–Trinajstić information content (AvgIpc) is 2.94. The van der Waals surface area contributed by atoms with Crippen LogP contribution in [0.25, 0.3) is 0 Å². The monoisotopic (exact) mass is 299 g/mol. The quantitative estimate of drug-likeness (QED) is 0.757. The minimum atomic E-state index is -0.401. The van der Waals surface area contributed by atoms with Crippen LogP contribution in [-0.4, -0.2) is 42.8 Å². The van der Waals surface area contributed by atoms with Crippen molar-refractivity contribution in [3.8, 4) is 5.88 Å². The number of rotatable bonds is 6. The van der Waals surface area contributed by atoms with E-state index >= 15 is 0 Å². The summed E-state index contributed by atoms with van der Waals surface area (Å²) in [6, 6.07) is 3.42. The molecule has 1 aliphatic heterocycles. The van der Waals surface area contributed by atoms with E-state index in [1.54, 1.807) is 18.3 Å². The van der Waals surface area contributed by atoms with Gasteiger partial charge in [0.25, 0.3) is 0 Å². The summed E-state index contributed by atoms with van der Waals surface area (Å²) < 4.78 is 10.9. The molecule has 1 amide bonds. The molecule has 110 valence electrons. The first-order chi connectivity index (χ1) is 9.70. The molecular formula is C13H18ClN3O3. The summed E-state index contributed by atoms with van der Waals surface area (Å²) in [5.74, 6) is 0.236. The van der Waals surface area contributed by atoms with Gasteiger partial charge in [0.1, 0.15) is 17.7 Å². The molecule has 2 rings (SSSR count). The zero-order chi connectivity index (χ0) is 14.4. The maximum absolute atomic E-state index is 11.8. The van der Waals surface area contributed by atoms with Gasteiger partial charge in [-0.05, 0) is 25.0 Å². The molecular weight excluding hydrogens is 282 g/mol. The Hall–Kier alpha value is -1.37. The lowest BCUT2D eigenvalue weighted by molar-refractivity contribution is -0.131. The number of nitrogens with two attached hydrogens (primary N) is 1. The summed E-state index contributed by atoms with van der Waals surface area (Å²) in [6.45, 7) is 1.12. The SMILES string of the molecule is NC[C@H]1CC[C@@H](C(=O)NCCOc2ncccc2Cl)O1. The van der Waals surface area contributed by atoms with Crippen LogP contribution >= 0.6 is 11.6 Å². The predicted octanol–water partition coefficient (Wildman–Crippen LogP) is 0.736. The van der Waals surface area contributed by atoms with Crippen molar-refractivity contribution in [3.63, 3.8) is 0 Å². The molecule has 0 aromatic carbocycles. The smallest absolute Gasteiger partial charge is 0.249 e. The lowest BCUT2D eigenvalue weighted by atomic mass is 10.2. The number of carbonyl (C=O) groups excluding carboxylic acids is 1. The summed E-state index contributed by atoms with van der Waals surface area (Å²) >= 11 is 5.89. The number of amides is 1. The Kier molecular flexibility index (Phi) is 5.58. The van der Waals surface area contributed by atoms with Crippen LogP contribution in [0.4, 0.5) is 0 Å². The second kappa shape index (κ2) is 7.42. The third-order valence-corrected chi connectivity index (χ3v) is 3.32. The Morgan fingerprint density at radius 2 is 2.45 bits per heavy atom. The first kappa shape index (κ1) is 15.0. The standard InChI is InChI=1S/C13H18ClN3O3/c14-10-2-1-5-17-13(10)19-7-6-16-12(18)11-4-3-9(8-15)20-11/h1-2,5,9,11H,3-4,6-8,15H2,(H,16,18)/t9-,11+/m1/s1. The molecule has 7 heteroatoms. The van der Waals surface area contributed by atoms with Gasteiger partial charge in [0.05, 0.1) is 12.6 Å². The zero-order valence-corrected chi connectivity index (χ0v) is 11.8. The highest BCUT2D eigenvalue weighted by Gasteiger charge is 2.29. The van der Waals surface area contributed by atoms with E-state index in [0.29, 0.717) is 37.0 Å². The molecule has 6 nitrogen and oxygen atoms in total. The number of hydrogen-bond donors (Lipinski definition) is 2. The second-order valence-corrected chi connectivity index (χ2v) is 4.90. The van der Waals surface area contributed by atoms with Gasteiger partial charge in [0.15, 0.2) is 0 Å². The molecule has 1 aromatic rings. The molecule has 3 N–H and O–H groups in total. The minimum Gasteiger partial charge on any atom is -0.475 e. The van der Waals surface area contributed by atoms with Crippen molar-refractivity contribution >= 4 is 17.5 Å². The summed E-state index contributed by atoms with van der Waals surface area (Å²) in [5.41, 5.74) is 5.50. The molecule has 1 fully saturated rings. The minimum absolute atomic E-state index is 0.00525. The van der Waals surface area contributed by atoms with Gasteiger partial charge in [-0.15, -0.1) is 0 Å². The molecule has 0 spiro atoms. The Morgan fingerprint density at radius 1 is 1.60 bits per heavy atom. The fourth-order valence-electron chi connectivity index (χ4n) is 1.99. The Labute approximate surface area is 122 Å². The highest BCUT2D eigenvalue weighted by molar-refractivity contribution is 6.31. The van der Waals surface area contributed by atoms with Crippen LogP contribution < -0.4 is 15.8 Å². The number of carbonyl (C=O) groups is 1. The lowest BCUT2D eigenvalue weighted by Crippen LogP contribution is -2.37. The topological polar surface area (TPSA) is 86.5 Å². The van der Waals surface area contributed by atoms with Gasteiger partial charge in [0.2, 0.25) is 11.8 Å². The van der Waals surface area contributed by atoms with Crippen LogP contribution in [0.2, 0.25) is 5.02 Å². The highest BCUT2D eigenvalue weighted by atomic mass is 35.5. The fourth-order valence-corrected chi connectivity index (χ4v) is 2.16. The van der Waals surface area contributed by atoms with Crippen LogP contribution in [0.5, 0.6) is 5.88 Å². The molecule has 0 radical (unpaired) electrons. The molecule has 0 bridgehead atoms. The molecule has 20 heavy (non-hydrogen) atoms. The van der Waals surface area contributed by atoms with Gasteiger partial charge in [-0.25, -0.2) is 4.98 Å². The largest absolute Gasteiger partial charge is 0.475 e. The van der Waals surface area contributed by atoms with E-state index in [1.165, 1.54) is 0 Å². The van der Waals surface area contributed by atoms with Gasteiger partial charge in [-0.2, -0.15) is 0 Å². The van der Waals surface area contributed by atoms with Crippen molar-refractivity contribution in [3.05, 3.63) is 23.4 Å². The third-order valence-electron chi connectivity index (χ3n) is 3.03. The number of ether oxygens (including phenoxy) is 2. The van der Waals surface area contributed by atoms with Gasteiger partial charge in [-0.3, -0.25) is 4.79 Å². The Balaban J connectivity index is 1.66. The van der Waals surface area contributed by atoms with E-state index in [9.17, 15) is 4.79 Å². The van der Waals surface area contributed by atoms with Crippen LogP contribution in [0.3, 0.4) is 0 Å². The number of aromatic nitrogens is 1. The number of nitrogens with one attached hydrogen (secondary N) is 1. The summed E-state index contributed by atoms with van der Waals surface area (Å²) in [5, 5.41) is 3.21. The third kappa shape index (κ3) is 4.06. The molecule has 0 aliphatic carbocycles. The summed E-state index contributed by atoms with van der Waals surface area (Å²) in [6.07, 6.45) is 2.73. The van der Waals surface area contributed by atoms with Crippen molar-refractivity contribution in [1.82, 2.24) is 10.3 Å². The van der Waals surface area contributed by atoms with Crippen molar-refractivity contribution in [1.29, 1.82) is 0 Å². The molecule has 0 unspecified atom stereocenters. The fraction of sp³-hybridized carbons (Fsp3) is 0.538. The maximum atomic E-state index is 11.8. The van der Waals surface area contributed by atoms with Crippen LogP contribution in [-0.2, 0) is 9.53 Å². The van der Waals surface area contributed by atoms with Crippen LogP contribution in [0, 0.1) is 0 Å². The van der Waals surface area contributed by atoms with E-state index in [0.717, 1.165) is 6.42 Å². The number of nitrogens with zero attached hydrogens (tertiary/aromatic N) is 1. The van der Waals surface area contributed by atoms with Gasteiger partial charge < -0.3 is 20.5 Å². The normalized spacial score (nSPS) is 21.7. The predicted molar refractivity (Wildman–Crippen MR) is 74.7 cm³/mol. The molecule has 0 saturated carbocycles. The molecule has 1 aromatic heterocycles. The number of halogens is 1. The Bertz CT molecular complexity index is 458. The van der Waals surface area contributed by atoms with Gasteiger partial charge >= 0.3 is 0 Å². The van der Waals surface area contributed by atoms with Crippen molar-refractivity contribution in [2.45, 2.75) is 25.0 Å². The first-order valence-corrected chi connectivity index (χ1v) is 6.95. The summed E-state index contributed by atoms with van der Waals surface area (Å²) in [7, 11) is 0. The van der Waals surface area contributed by atoms with Crippen molar-refractivity contribution in [2.75, 3.05) is 19.7 Å². The molecule has 2 heterocycles. The lowest BCUT2D eigenvalue weighted by Gasteiger charge is -2.13. The molecule has 2 atom stereocenters. The van der Waals surface area contributed by atoms with Gasteiger partial charge in [-0.1, -0.05) is 11.6 Å². The molecule has 1 aliphatic rings. The number of hydrogen-bond acceptors (Lipinski definition) is 5. The zero-order valence-electron chi connectivity index (χ0n) is 11.0. The first-order valence-electron chi connectivity index (χ1n) is 6.57. The van der Waals surface area contributed by atoms with E-state index in [-0.39, 0.29) is 12.0 Å². The van der Waals surface area contributed by atoms with Crippen molar-refractivity contribution < 1.29 is 14.3 Å². The highest BCUT2D eigenvalue weighted by Crippen LogP contribution is 2.20. The summed E-state index contributed by atoms with van der Waals surface area (Å²) in [4.78, 5) is 15.8. The van der Waals surface area contributed by atoms with Crippen molar-refractivity contribution in [2.24, 2.45) is 5.73 Å². The maximum Gasteiger partial charge on any atom is 0.249 e. The van der Waals surface area contributed by atoms with E-state index in [1.807, 2.05) is 0 Å². The van der Waals surface area contributed by atoms with Crippen LogP contribution in [0.1, 0.15) is 12.8 Å². The van der Waals surface area contributed by atoms with E-state index in [4.69, 9.17) is 26.8 Å². The average molecular weight is 300 g/mol. The second-order valence-electron chi connectivity index (χ2n) is 4.49. The van der Waals surface area contributed by atoms with Gasteiger partial charge in [0, 0.05) is 12.7 Å². The molecule has 1 saturated heterocycles.